The third-order valence-corrected chi connectivity index (χ3v) is 4.39. The van der Waals surface area contributed by atoms with Gasteiger partial charge in [-0.05, 0) is 29.8 Å². The van der Waals surface area contributed by atoms with Gasteiger partial charge in [0.25, 0.3) is 15.7 Å². The molecule has 0 atom stereocenters. The number of nitrogens with zero attached hydrogens (tertiary/aromatic N) is 3. The number of nitrogens with one attached hydrogen (secondary N) is 1. The normalized spacial score (nSPS) is 11.2. The number of hydrogen-bond donors (Lipinski definition) is 1. The van der Waals surface area contributed by atoms with Gasteiger partial charge in [-0.25, -0.2) is 4.83 Å². The minimum Gasteiger partial charge on any atom is -0.258 e. The van der Waals surface area contributed by atoms with Crippen molar-refractivity contribution in [3.8, 4) is 6.07 Å². The number of hydrazone groups is 1. The van der Waals surface area contributed by atoms with E-state index in [0.29, 0.717) is 11.1 Å². The van der Waals surface area contributed by atoms with Crippen molar-refractivity contribution in [2.45, 2.75) is 4.90 Å². The van der Waals surface area contributed by atoms with E-state index in [2.05, 4.69) is 5.10 Å². The lowest BCUT2D eigenvalue weighted by Crippen LogP contribution is -2.18. The maximum Gasteiger partial charge on any atom is 0.289 e. The van der Waals surface area contributed by atoms with E-state index in [4.69, 9.17) is 16.9 Å². The number of sulfonamides is 1. The molecule has 24 heavy (non-hydrogen) atoms. The average Bonchev–Trinajstić information content (AvgIpc) is 2.55. The Kier molecular flexibility index (Phi) is 5.13. The van der Waals surface area contributed by atoms with Crippen LogP contribution in [0.25, 0.3) is 0 Å². The molecule has 0 fully saturated rings. The molecule has 0 bridgehead atoms. The van der Waals surface area contributed by atoms with Gasteiger partial charge in [0.2, 0.25) is 0 Å². The highest BCUT2D eigenvalue weighted by Gasteiger charge is 2.20. The summed E-state index contributed by atoms with van der Waals surface area (Å²) in [7, 11) is -4.08. The first-order valence-electron chi connectivity index (χ1n) is 6.32. The molecule has 8 nitrogen and oxygen atoms in total. The first kappa shape index (κ1) is 17.4. The zero-order valence-electron chi connectivity index (χ0n) is 11.9. The molecule has 0 heterocycles. The van der Waals surface area contributed by atoms with Gasteiger partial charge < -0.3 is 0 Å². The van der Waals surface area contributed by atoms with Gasteiger partial charge in [0.05, 0.1) is 27.7 Å². The second-order valence-electron chi connectivity index (χ2n) is 4.46. The van der Waals surface area contributed by atoms with Crippen LogP contribution in [0.1, 0.15) is 11.1 Å². The third-order valence-electron chi connectivity index (χ3n) is 2.85. The van der Waals surface area contributed by atoms with Crippen LogP contribution in [0.15, 0.2) is 52.5 Å². The quantitative estimate of drug-likeness (QED) is 0.495. The summed E-state index contributed by atoms with van der Waals surface area (Å²) < 4.78 is 24.2. The molecule has 0 aliphatic heterocycles. The Morgan fingerprint density at radius 1 is 1.25 bits per heavy atom. The van der Waals surface area contributed by atoms with Crippen LogP contribution < -0.4 is 4.83 Å². The molecule has 0 radical (unpaired) electrons. The predicted octanol–water partition coefficient (Wildman–Crippen LogP) is 2.43. The van der Waals surface area contributed by atoms with E-state index in [-0.39, 0.29) is 9.92 Å². The highest BCUT2D eigenvalue weighted by Crippen LogP contribution is 2.26. The van der Waals surface area contributed by atoms with Crippen LogP contribution in [-0.2, 0) is 10.0 Å². The first-order valence-corrected chi connectivity index (χ1v) is 8.18. The van der Waals surface area contributed by atoms with Crippen LogP contribution in [0.2, 0.25) is 5.02 Å². The summed E-state index contributed by atoms with van der Waals surface area (Å²) in [4.78, 5) is 11.6. The Morgan fingerprint density at radius 3 is 2.50 bits per heavy atom. The minimum absolute atomic E-state index is 0.167. The Hall–Kier alpha value is -2.96. The number of rotatable bonds is 5. The number of nitro groups is 1. The molecular formula is C14H9ClN4O4S. The molecule has 2 rings (SSSR count). The van der Waals surface area contributed by atoms with Crippen molar-refractivity contribution in [2.24, 2.45) is 5.10 Å². The summed E-state index contributed by atoms with van der Waals surface area (Å²) in [5.41, 5.74) is 0.510. The molecule has 1 N–H and O–H groups in total. The molecule has 0 aromatic heterocycles. The van der Waals surface area contributed by atoms with E-state index in [1.165, 1.54) is 6.21 Å². The molecular weight excluding hydrogens is 356 g/mol. The highest BCUT2D eigenvalue weighted by molar-refractivity contribution is 7.89. The van der Waals surface area contributed by atoms with Crippen LogP contribution in [0.5, 0.6) is 0 Å². The minimum atomic E-state index is -4.08. The zero-order valence-corrected chi connectivity index (χ0v) is 13.5. The second-order valence-corrected chi connectivity index (χ2v) is 6.53. The Balaban J connectivity index is 2.19. The smallest absolute Gasteiger partial charge is 0.258 e. The van der Waals surface area contributed by atoms with Crippen LogP contribution in [0, 0.1) is 21.4 Å². The SMILES string of the molecule is N#Cc1ccc(/C=N/NS(=O)(=O)c2ccc(Cl)c([N+](=O)[O-])c2)cc1. The fraction of sp³-hybridized carbons (Fsp3) is 0. The zero-order chi connectivity index (χ0) is 17.7. The Morgan fingerprint density at radius 2 is 1.92 bits per heavy atom. The predicted molar refractivity (Wildman–Crippen MR) is 87.2 cm³/mol. The largest absolute Gasteiger partial charge is 0.289 e. The van der Waals surface area contributed by atoms with Gasteiger partial charge in [-0.2, -0.15) is 18.8 Å². The van der Waals surface area contributed by atoms with Crippen molar-refractivity contribution >= 4 is 33.5 Å². The van der Waals surface area contributed by atoms with E-state index in [1.807, 2.05) is 10.9 Å². The molecule has 0 aliphatic carbocycles. The van der Waals surface area contributed by atoms with E-state index in [1.54, 1.807) is 24.3 Å². The van der Waals surface area contributed by atoms with Crippen LogP contribution in [0.3, 0.4) is 0 Å². The Labute approximate surface area is 142 Å². The molecule has 0 amide bonds. The van der Waals surface area contributed by atoms with E-state index < -0.39 is 20.6 Å². The molecule has 2 aromatic carbocycles. The molecule has 0 saturated carbocycles. The van der Waals surface area contributed by atoms with Crippen LogP contribution in [-0.4, -0.2) is 19.6 Å². The fourth-order valence-corrected chi connectivity index (χ4v) is 2.66. The van der Waals surface area contributed by atoms with Gasteiger partial charge in [0, 0.05) is 6.07 Å². The number of nitro benzene ring substituents is 1. The summed E-state index contributed by atoms with van der Waals surface area (Å²) in [6.45, 7) is 0. The molecule has 0 unspecified atom stereocenters. The van der Waals surface area contributed by atoms with Crippen molar-refractivity contribution in [3.05, 3.63) is 68.7 Å². The maximum atomic E-state index is 12.1. The van der Waals surface area contributed by atoms with Gasteiger partial charge in [-0.15, -0.1) is 0 Å². The van der Waals surface area contributed by atoms with E-state index >= 15 is 0 Å². The topological polar surface area (TPSA) is 125 Å². The molecule has 0 aliphatic rings. The third kappa shape index (κ3) is 4.07. The van der Waals surface area contributed by atoms with Crippen LogP contribution >= 0.6 is 11.6 Å². The molecule has 122 valence electrons. The Bertz CT molecular complexity index is 950. The van der Waals surface area contributed by atoms with Crippen molar-refractivity contribution < 1.29 is 13.3 Å². The average molecular weight is 365 g/mol. The number of benzene rings is 2. The molecule has 0 saturated heterocycles. The van der Waals surface area contributed by atoms with Gasteiger partial charge in [0.15, 0.2) is 0 Å². The summed E-state index contributed by atoms with van der Waals surface area (Å²) in [6, 6.07) is 11.3. The van der Waals surface area contributed by atoms with Gasteiger partial charge in [-0.1, -0.05) is 23.7 Å². The molecule has 0 spiro atoms. The van der Waals surface area contributed by atoms with Crippen molar-refractivity contribution in [1.82, 2.24) is 4.83 Å². The summed E-state index contributed by atoms with van der Waals surface area (Å²) in [6.07, 6.45) is 1.24. The standard InChI is InChI=1S/C14H9ClN4O4S/c15-13-6-5-12(7-14(13)19(20)21)24(22,23)18-17-9-11-3-1-10(8-16)2-4-11/h1-7,9,18H/b17-9+. The highest BCUT2D eigenvalue weighted by atomic mass is 35.5. The number of hydrogen-bond acceptors (Lipinski definition) is 6. The van der Waals surface area contributed by atoms with Crippen molar-refractivity contribution in [2.75, 3.05) is 0 Å². The van der Waals surface area contributed by atoms with Crippen molar-refractivity contribution in [3.63, 3.8) is 0 Å². The van der Waals surface area contributed by atoms with Gasteiger partial charge >= 0.3 is 0 Å². The number of nitriles is 1. The van der Waals surface area contributed by atoms with E-state index in [0.717, 1.165) is 18.2 Å². The molecule has 2 aromatic rings. The monoisotopic (exact) mass is 364 g/mol. The lowest BCUT2D eigenvalue weighted by atomic mass is 10.2. The van der Waals surface area contributed by atoms with Crippen LogP contribution in [0.4, 0.5) is 5.69 Å². The van der Waals surface area contributed by atoms with E-state index in [9.17, 15) is 18.5 Å². The van der Waals surface area contributed by atoms with Gasteiger partial charge in [0.1, 0.15) is 5.02 Å². The van der Waals surface area contributed by atoms with Crippen molar-refractivity contribution in [1.29, 1.82) is 5.26 Å². The summed E-state index contributed by atoms with van der Waals surface area (Å²) >= 11 is 5.64. The summed E-state index contributed by atoms with van der Waals surface area (Å²) in [5.74, 6) is 0. The lowest BCUT2D eigenvalue weighted by molar-refractivity contribution is -0.384. The first-order chi connectivity index (χ1) is 11.3. The van der Waals surface area contributed by atoms with Gasteiger partial charge in [-0.3, -0.25) is 10.1 Å². The lowest BCUT2D eigenvalue weighted by Gasteiger charge is -2.04. The number of halogens is 1. The molecule has 10 heteroatoms. The summed E-state index contributed by atoms with van der Waals surface area (Å²) in [5, 5.41) is 22.9. The second kappa shape index (κ2) is 7.08. The maximum absolute atomic E-state index is 12.1. The fourth-order valence-electron chi connectivity index (χ4n) is 1.67.